The third kappa shape index (κ3) is 3.20. The lowest BCUT2D eigenvalue weighted by molar-refractivity contribution is -0.136. The van der Waals surface area contributed by atoms with Crippen molar-refractivity contribution in [2.45, 2.75) is 38.0 Å². The average molecular weight is 373 g/mol. The predicted molar refractivity (Wildman–Crippen MR) is 91.1 cm³/mol. The average Bonchev–Trinajstić information content (AvgIpc) is 3.20. The largest absolute Gasteiger partial charge is 0.489 e. The topological polar surface area (TPSA) is 116 Å². The summed E-state index contributed by atoms with van der Waals surface area (Å²) >= 11 is 0. The van der Waals surface area contributed by atoms with E-state index in [1.54, 1.807) is 18.2 Å². The number of carbonyl (C=O) groups excluding carboxylic acids is 3. The van der Waals surface area contributed by atoms with E-state index in [0.717, 1.165) is 5.56 Å². The Morgan fingerprint density at radius 3 is 2.74 bits per heavy atom. The highest BCUT2D eigenvalue weighted by Crippen LogP contribution is 2.31. The van der Waals surface area contributed by atoms with Crippen molar-refractivity contribution in [2.75, 3.05) is 13.1 Å². The van der Waals surface area contributed by atoms with E-state index in [1.165, 1.54) is 9.80 Å². The molecule has 27 heavy (non-hydrogen) atoms. The second-order valence-corrected chi connectivity index (χ2v) is 6.98. The molecule has 4 amide bonds. The number of nitrogens with one attached hydrogen (secondary N) is 1. The Bertz CT molecular complexity index is 838. The van der Waals surface area contributed by atoms with Gasteiger partial charge in [-0.15, -0.1) is 0 Å². The summed E-state index contributed by atoms with van der Waals surface area (Å²) in [5.74, 6) is -0.417. The summed E-state index contributed by atoms with van der Waals surface area (Å²) < 4.78 is 5.87. The van der Waals surface area contributed by atoms with Crippen LogP contribution in [0.15, 0.2) is 18.2 Å². The number of benzene rings is 1. The normalized spacial score (nSPS) is 24.8. The van der Waals surface area contributed by atoms with Crippen molar-refractivity contribution in [3.63, 3.8) is 0 Å². The molecule has 2 fully saturated rings. The fourth-order valence-corrected chi connectivity index (χ4v) is 3.81. The van der Waals surface area contributed by atoms with Gasteiger partial charge in [-0.1, -0.05) is 0 Å². The minimum Gasteiger partial charge on any atom is -0.489 e. The van der Waals surface area contributed by atoms with E-state index >= 15 is 0 Å². The first-order chi connectivity index (χ1) is 12.9. The van der Waals surface area contributed by atoms with Crippen LogP contribution in [0.3, 0.4) is 0 Å². The van der Waals surface area contributed by atoms with Gasteiger partial charge in [0.25, 0.3) is 5.91 Å². The molecule has 0 spiro atoms. The second kappa shape index (κ2) is 6.57. The maximum atomic E-state index is 12.6. The number of ether oxygens (including phenoxy) is 1. The van der Waals surface area contributed by atoms with Gasteiger partial charge < -0.3 is 19.6 Å². The predicted octanol–water partition coefficient (Wildman–Crippen LogP) is 0.579. The van der Waals surface area contributed by atoms with Gasteiger partial charge in [-0.3, -0.25) is 19.7 Å². The van der Waals surface area contributed by atoms with Gasteiger partial charge >= 0.3 is 6.09 Å². The van der Waals surface area contributed by atoms with Crippen molar-refractivity contribution in [2.24, 2.45) is 0 Å². The Kier molecular flexibility index (Phi) is 4.21. The zero-order valence-electron chi connectivity index (χ0n) is 14.5. The summed E-state index contributed by atoms with van der Waals surface area (Å²) in [6.07, 6.45) is -0.0267. The van der Waals surface area contributed by atoms with E-state index in [-0.39, 0.29) is 30.9 Å². The van der Waals surface area contributed by atoms with Crippen LogP contribution in [0.2, 0.25) is 0 Å². The molecule has 2 atom stereocenters. The zero-order chi connectivity index (χ0) is 19.1. The summed E-state index contributed by atoms with van der Waals surface area (Å²) in [6.45, 7) is 1.03. The number of piperidine rings is 1. The molecule has 3 heterocycles. The fraction of sp³-hybridized carbons (Fsp3) is 0.444. The van der Waals surface area contributed by atoms with Crippen LogP contribution in [-0.2, 0) is 16.1 Å². The van der Waals surface area contributed by atoms with E-state index < -0.39 is 18.0 Å². The Morgan fingerprint density at radius 1 is 1.22 bits per heavy atom. The van der Waals surface area contributed by atoms with E-state index in [9.17, 15) is 19.2 Å². The number of fused-ring (bicyclic) bond motifs is 1. The number of carbonyl (C=O) groups is 4. The maximum Gasteiger partial charge on any atom is 0.407 e. The smallest absolute Gasteiger partial charge is 0.407 e. The molecule has 2 saturated heterocycles. The van der Waals surface area contributed by atoms with Crippen LogP contribution in [0.1, 0.15) is 35.2 Å². The molecule has 0 saturated carbocycles. The first kappa shape index (κ1) is 17.3. The molecule has 4 rings (SSSR count). The summed E-state index contributed by atoms with van der Waals surface area (Å²) in [4.78, 5) is 49.8. The minimum atomic E-state index is -0.958. The number of imide groups is 1. The fourth-order valence-electron chi connectivity index (χ4n) is 3.81. The molecule has 2 unspecified atom stereocenters. The molecule has 2 N–H and O–H groups in total. The third-order valence-corrected chi connectivity index (χ3v) is 5.21. The van der Waals surface area contributed by atoms with E-state index in [4.69, 9.17) is 9.84 Å². The molecule has 1 aromatic rings. The lowest BCUT2D eigenvalue weighted by Crippen LogP contribution is -2.52. The summed E-state index contributed by atoms with van der Waals surface area (Å²) in [5.41, 5.74) is 1.28. The van der Waals surface area contributed by atoms with Crippen molar-refractivity contribution >= 4 is 23.8 Å². The van der Waals surface area contributed by atoms with Crippen molar-refractivity contribution in [3.8, 4) is 5.75 Å². The first-order valence-corrected chi connectivity index (χ1v) is 8.84. The van der Waals surface area contributed by atoms with Gasteiger partial charge in [0.15, 0.2) is 0 Å². The maximum absolute atomic E-state index is 12.6. The zero-order valence-corrected chi connectivity index (χ0v) is 14.5. The number of amides is 4. The van der Waals surface area contributed by atoms with Gasteiger partial charge in [0.2, 0.25) is 11.8 Å². The molecular weight excluding hydrogens is 354 g/mol. The molecule has 1 aromatic carbocycles. The lowest BCUT2D eigenvalue weighted by atomic mass is 10.0. The van der Waals surface area contributed by atoms with Crippen molar-refractivity contribution in [3.05, 3.63) is 29.3 Å². The van der Waals surface area contributed by atoms with Crippen LogP contribution >= 0.6 is 0 Å². The SMILES string of the molecule is O=C1CCC(N2Cc3cc(OC4CCN(C(=O)O)C4)ccc3C2=O)C(=O)N1. The van der Waals surface area contributed by atoms with Crippen LogP contribution in [0.4, 0.5) is 4.79 Å². The highest BCUT2D eigenvalue weighted by atomic mass is 16.5. The molecule has 142 valence electrons. The lowest BCUT2D eigenvalue weighted by Gasteiger charge is -2.29. The van der Waals surface area contributed by atoms with Crippen molar-refractivity contribution in [1.82, 2.24) is 15.1 Å². The number of nitrogens with zero attached hydrogens (tertiary/aromatic N) is 2. The Morgan fingerprint density at radius 2 is 2.04 bits per heavy atom. The van der Waals surface area contributed by atoms with Gasteiger partial charge in [0.1, 0.15) is 17.9 Å². The standard InChI is InChI=1S/C18H19N3O6/c22-15-4-3-14(16(23)19-15)21-8-10-7-11(1-2-13(10)17(21)24)27-12-5-6-20(9-12)18(25)26/h1-2,7,12,14H,3-6,8-9H2,(H,25,26)(H,19,22,23). The summed E-state index contributed by atoms with van der Waals surface area (Å²) in [7, 11) is 0. The van der Waals surface area contributed by atoms with Gasteiger partial charge in [0, 0.05) is 31.5 Å². The van der Waals surface area contributed by atoms with E-state index in [1.807, 2.05) is 0 Å². The summed E-state index contributed by atoms with van der Waals surface area (Å²) in [6, 6.07) is 4.48. The van der Waals surface area contributed by atoms with Crippen LogP contribution in [-0.4, -0.2) is 64.0 Å². The van der Waals surface area contributed by atoms with Gasteiger partial charge in [-0.05, 0) is 30.2 Å². The van der Waals surface area contributed by atoms with Crippen molar-refractivity contribution in [1.29, 1.82) is 0 Å². The van der Waals surface area contributed by atoms with Gasteiger partial charge in [0.05, 0.1) is 6.54 Å². The Labute approximate surface area is 154 Å². The highest BCUT2D eigenvalue weighted by molar-refractivity contribution is 6.05. The monoisotopic (exact) mass is 373 g/mol. The third-order valence-electron chi connectivity index (χ3n) is 5.21. The number of hydrogen-bond acceptors (Lipinski definition) is 5. The molecule has 9 nitrogen and oxygen atoms in total. The summed E-state index contributed by atoms with van der Waals surface area (Å²) in [5, 5.41) is 11.3. The quantitative estimate of drug-likeness (QED) is 0.749. The molecule has 0 aromatic heterocycles. The molecule has 9 heteroatoms. The van der Waals surface area contributed by atoms with Crippen LogP contribution < -0.4 is 10.1 Å². The molecule has 0 aliphatic carbocycles. The Balaban J connectivity index is 1.46. The molecule has 3 aliphatic rings. The molecule has 0 radical (unpaired) electrons. The van der Waals surface area contributed by atoms with Gasteiger partial charge in [-0.2, -0.15) is 0 Å². The second-order valence-electron chi connectivity index (χ2n) is 6.98. The number of carboxylic acid groups (broad SMARTS) is 1. The van der Waals surface area contributed by atoms with Gasteiger partial charge in [-0.25, -0.2) is 4.79 Å². The number of likely N-dealkylation sites (tertiary alicyclic amines) is 1. The van der Waals surface area contributed by atoms with Crippen LogP contribution in [0.5, 0.6) is 5.75 Å². The highest BCUT2D eigenvalue weighted by Gasteiger charge is 2.39. The Hall–Kier alpha value is -3.10. The van der Waals surface area contributed by atoms with Crippen LogP contribution in [0, 0.1) is 0 Å². The molecule has 0 bridgehead atoms. The van der Waals surface area contributed by atoms with Crippen LogP contribution in [0.25, 0.3) is 0 Å². The minimum absolute atomic E-state index is 0.215. The van der Waals surface area contributed by atoms with Crippen molar-refractivity contribution < 1.29 is 29.0 Å². The van der Waals surface area contributed by atoms with E-state index in [2.05, 4.69) is 5.32 Å². The number of rotatable bonds is 3. The first-order valence-electron chi connectivity index (χ1n) is 8.84. The molecular formula is C18H19N3O6. The van der Waals surface area contributed by atoms with E-state index in [0.29, 0.717) is 37.2 Å². The number of hydrogen-bond donors (Lipinski definition) is 2. The molecule has 3 aliphatic heterocycles.